The topological polar surface area (TPSA) is 12.0 Å². The number of allylic oxidation sites excluding steroid dienone is 1. The zero-order chi connectivity index (χ0) is 10.8. The summed E-state index contributed by atoms with van der Waals surface area (Å²) in [5.74, 6) is 3.09. The van der Waals surface area contributed by atoms with Crippen LogP contribution in [-0.2, 0) is 0 Å². The normalized spacial score (nSPS) is 35.5. The van der Waals surface area contributed by atoms with E-state index in [9.17, 15) is 0 Å². The minimum absolute atomic E-state index is 0.718. The highest BCUT2D eigenvalue weighted by atomic mass is 14.9. The third-order valence-electron chi connectivity index (χ3n) is 4.39. The Morgan fingerprint density at radius 3 is 2.67 bits per heavy atom. The number of hydrogen-bond acceptors (Lipinski definition) is 1. The molecular formula is C14H25N. The first-order valence-corrected chi connectivity index (χ1v) is 6.53. The van der Waals surface area contributed by atoms with Crippen LogP contribution < -0.4 is 5.32 Å². The van der Waals surface area contributed by atoms with Crippen LogP contribution in [0.1, 0.15) is 46.5 Å². The highest BCUT2D eigenvalue weighted by molar-refractivity contribution is 4.97. The van der Waals surface area contributed by atoms with Gasteiger partial charge < -0.3 is 5.32 Å². The van der Waals surface area contributed by atoms with Gasteiger partial charge in [0.25, 0.3) is 0 Å². The average Bonchev–Trinajstić information content (AvgIpc) is 2.77. The van der Waals surface area contributed by atoms with E-state index < -0.39 is 0 Å². The second kappa shape index (κ2) is 4.69. The maximum atomic E-state index is 3.66. The summed E-state index contributed by atoms with van der Waals surface area (Å²) in [4.78, 5) is 0. The van der Waals surface area contributed by atoms with Crippen molar-refractivity contribution in [3.05, 3.63) is 11.6 Å². The van der Waals surface area contributed by atoms with Gasteiger partial charge in [0.05, 0.1) is 0 Å². The van der Waals surface area contributed by atoms with E-state index in [4.69, 9.17) is 0 Å². The maximum absolute atomic E-state index is 3.66. The Bertz CT molecular complexity index is 240. The van der Waals surface area contributed by atoms with E-state index in [1.165, 1.54) is 31.3 Å². The molecule has 0 aromatic rings. The molecule has 0 saturated heterocycles. The van der Waals surface area contributed by atoms with Gasteiger partial charge in [-0.2, -0.15) is 0 Å². The molecule has 0 heterocycles. The summed E-state index contributed by atoms with van der Waals surface area (Å²) in [6.45, 7) is 7.77. The van der Waals surface area contributed by atoms with Crippen molar-refractivity contribution in [3.8, 4) is 0 Å². The molecular weight excluding hydrogens is 182 g/mol. The molecule has 0 aromatic heterocycles. The zero-order valence-electron chi connectivity index (χ0n) is 10.4. The first kappa shape index (κ1) is 11.2. The molecule has 2 fully saturated rings. The summed E-state index contributed by atoms with van der Waals surface area (Å²) in [7, 11) is 0. The Hall–Kier alpha value is -0.300. The Morgan fingerprint density at radius 1 is 1.33 bits per heavy atom. The highest BCUT2D eigenvalue weighted by Gasteiger charge is 2.41. The Morgan fingerprint density at radius 2 is 2.13 bits per heavy atom. The van der Waals surface area contributed by atoms with Crippen LogP contribution in [-0.4, -0.2) is 12.6 Å². The van der Waals surface area contributed by atoms with Crippen LogP contribution in [0.5, 0.6) is 0 Å². The molecule has 86 valence electrons. The van der Waals surface area contributed by atoms with Gasteiger partial charge in [0, 0.05) is 12.6 Å². The van der Waals surface area contributed by atoms with Gasteiger partial charge >= 0.3 is 0 Å². The van der Waals surface area contributed by atoms with Crippen molar-refractivity contribution in [2.24, 2.45) is 17.8 Å². The maximum Gasteiger partial charge on any atom is 0.0139 e. The van der Waals surface area contributed by atoms with Crippen molar-refractivity contribution in [1.29, 1.82) is 0 Å². The number of nitrogens with one attached hydrogen (secondary N) is 1. The van der Waals surface area contributed by atoms with E-state index in [-0.39, 0.29) is 0 Å². The Balaban J connectivity index is 1.77. The summed E-state index contributed by atoms with van der Waals surface area (Å²) in [6, 6.07) is 0.718. The van der Waals surface area contributed by atoms with E-state index in [0.717, 1.165) is 30.3 Å². The van der Waals surface area contributed by atoms with E-state index in [1.807, 2.05) is 0 Å². The van der Waals surface area contributed by atoms with E-state index in [1.54, 1.807) is 0 Å². The summed E-state index contributed by atoms with van der Waals surface area (Å²) < 4.78 is 0. The molecule has 0 aromatic carbocycles. The van der Waals surface area contributed by atoms with Gasteiger partial charge in [0.15, 0.2) is 0 Å². The molecule has 2 aliphatic rings. The summed E-state index contributed by atoms with van der Waals surface area (Å²) in [5, 5.41) is 3.66. The van der Waals surface area contributed by atoms with E-state index in [2.05, 4.69) is 32.2 Å². The molecule has 0 aliphatic heterocycles. The molecule has 15 heavy (non-hydrogen) atoms. The smallest absolute Gasteiger partial charge is 0.0139 e. The molecule has 1 heteroatoms. The molecule has 2 saturated carbocycles. The molecule has 4 unspecified atom stereocenters. The Labute approximate surface area is 94.3 Å². The zero-order valence-corrected chi connectivity index (χ0v) is 10.4. The first-order chi connectivity index (χ1) is 7.16. The SMILES string of the molecule is CC(C)=CCNC(C)C1CC2CCC1C2. The fraction of sp³-hybridized carbons (Fsp3) is 0.857. The van der Waals surface area contributed by atoms with Gasteiger partial charge in [0.2, 0.25) is 0 Å². The van der Waals surface area contributed by atoms with Crippen molar-refractivity contribution in [1.82, 2.24) is 5.32 Å². The average molecular weight is 207 g/mol. The van der Waals surface area contributed by atoms with Gasteiger partial charge in [-0.1, -0.05) is 18.1 Å². The first-order valence-electron chi connectivity index (χ1n) is 6.53. The lowest BCUT2D eigenvalue weighted by atomic mass is 9.84. The largest absolute Gasteiger partial charge is 0.311 e. The lowest BCUT2D eigenvalue weighted by molar-refractivity contribution is 0.265. The van der Waals surface area contributed by atoms with Crippen LogP contribution >= 0.6 is 0 Å². The minimum atomic E-state index is 0.718. The predicted octanol–water partition coefficient (Wildman–Crippen LogP) is 3.37. The minimum Gasteiger partial charge on any atom is -0.311 e. The van der Waals surface area contributed by atoms with E-state index in [0.29, 0.717) is 0 Å². The van der Waals surface area contributed by atoms with Crippen LogP contribution in [0, 0.1) is 17.8 Å². The number of fused-ring (bicyclic) bond motifs is 2. The van der Waals surface area contributed by atoms with Crippen molar-refractivity contribution < 1.29 is 0 Å². The molecule has 4 atom stereocenters. The second-order valence-corrected chi connectivity index (χ2v) is 5.82. The highest BCUT2D eigenvalue weighted by Crippen LogP contribution is 2.49. The van der Waals surface area contributed by atoms with Gasteiger partial charge in [0.1, 0.15) is 0 Å². The summed E-state index contributed by atoms with van der Waals surface area (Å²) in [6.07, 6.45) is 8.34. The molecule has 0 amide bonds. The van der Waals surface area contributed by atoms with Crippen molar-refractivity contribution >= 4 is 0 Å². The second-order valence-electron chi connectivity index (χ2n) is 5.82. The summed E-state index contributed by atoms with van der Waals surface area (Å²) >= 11 is 0. The summed E-state index contributed by atoms with van der Waals surface area (Å²) in [5.41, 5.74) is 1.42. The van der Waals surface area contributed by atoms with Crippen LogP contribution in [0.4, 0.5) is 0 Å². The molecule has 2 aliphatic carbocycles. The van der Waals surface area contributed by atoms with Crippen molar-refractivity contribution in [2.75, 3.05) is 6.54 Å². The van der Waals surface area contributed by atoms with Gasteiger partial charge in [-0.05, 0) is 57.8 Å². The molecule has 0 spiro atoms. The standard InChI is InChI=1S/C14H25N/c1-10(2)6-7-15-11(3)14-9-12-4-5-13(14)8-12/h6,11-15H,4-5,7-9H2,1-3H3. The lowest BCUT2D eigenvalue weighted by Gasteiger charge is -2.28. The van der Waals surface area contributed by atoms with Gasteiger partial charge in [-0.15, -0.1) is 0 Å². The molecule has 2 rings (SSSR count). The van der Waals surface area contributed by atoms with Crippen LogP contribution in [0.2, 0.25) is 0 Å². The number of hydrogen-bond donors (Lipinski definition) is 1. The molecule has 0 radical (unpaired) electrons. The lowest BCUT2D eigenvalue weighted by Crippen LogP contribution is -2.36. The fourth-order valence-electron chi connectivity index (χ4n) is 3.51. The Kier molecular flexibility index (Phi) is 3.50. The fourth-order valence-corrected chi connectivity index (χ4v) is 3.51. The van der Waals surface area contributed by atoms with Crippen LogP contribution in [0.15, 0.2) is 11.6 Å². The predicted molar refractivity (Wildman–Crippen MR) is 65.8 cm³/mol. The van der Waals surface area contributed by atoms with Crippen LogP contribution in [0.25, 0.3) is 0 Å². The molecule has 1 N–H and O–H groups in total. The third-order valence-corrected chi connectivity index (χ3v) is 4.39. The quantitative estimate of drug-likeness (QED) is 0.697. The monoisotopic (exact) mass is 207 g/mol. The molecule has 1 nitrogen and oxygen atoms in total. The number of rotatable bonds is 4. The molecule has 2 bridgehead atoms. The van der Waals surface area contributed by atoms with Gasteiger partial charge in [-0.25, -0.2) is 0 Å². The third kappa shape index (κ3) is 2.63. The van der Waals surface area contributed by atoms with Crippen LogP contribution in [0.3, 0.4) is 0 Å². The van der Waals surface area contributed by atoms with Crippen molar-refractivity contribution in [2.45, 2.75) is 52.5 Å². The van der Waals surface area contributed by atoms with Crippen molar-refractivity contribution in [3.63, 3.8) is 0 Å². The van der Waals surface area contributed by atoms with E-state index >= 15 is 0 Å². The van der Waals surface area contributed by atoms with Gasteiger partial charge in [-0.3, -0.25) is 0 Å².